The smallest absolute Gasteiger partial charge is 0.311 e. The molecule has 3 aromatic rings. The molecule has 1 heterocycles. The summed E-state index contributed by atoms with van der Waals surface area (Å²) >= 11 is 0. The van der Waals surface area contributed by atoms with Crippen LogP contribution in [-0.2, 0) is 16.0 Å². The normalized spacial score (nSPS) is 12.4. The molecule has 0 saturated carbocycles. The van der Waals surface area contributed by atoms with Crippen molar-refractivity contribution in [1.82, 2.24) is 5.32 Å². The molecule has 1 aromatic heterocycles. The molecule has 8 heteroatoms. The predicted octanol–water partition coefficient (Wildman–Crippen LogP) is 0.602. The van der Waals surface area contributed by atoms with Crippen molar-refractivity contribution in [2.24, 2.45) is 11.7 Å². The third-order valence-corrected chi connectivity index (χ3v) is 5.46. The van der Waals surface area contributed by atoms with Crippen LogP contribution in [0.2, 0.25) is 0 Å². The fourth-order valence-corrected chi connectivity index (χ4v) is 3.56. The van der Waals surface area contributed by atoms with Crippen LogP contribution in [0.1, 0.15) is 28.4 Å². The Morgan fingerprint density at radius 2 is 1.70 bits per heavy atom. The molecule has 0 aliphatic heterocycles. The van der Waals surface area contributed by atoms with Crippen LogP contribution in [0.4, 0.5) is 0 Å². The number of nitrogens with zero attached hydrogens (tertiary/aromatic N) is 1. The number of pyridine rings is 1. The molecule has 170 valence electrons. The molecule has 0 aliphatic carbocycles. The number of nitrogens with one attached hydrogen (secondary N) is 1. The van der Waals surface area contributed by atoms with Crippen LogP contribution in [-0.4, -0.2) is 30.9 Å². The van der Waals surface area contributed by atoms with E-state index in [9.17, 15) is 14.8 Å². The summed E-state index contributed by atoms with van der Waals surface area (Å²) in [4.78, 5) is 25.3. The van der Waals surface area contributed by atoms with Crippen molar-refractivity contribution in [2.75, 3.05) is 7.11 Å². The van der Waals surface area contributed by atoms with Gasteiger partial charge in [-0.25, -0.2) is 0 Å². The van der Waals surface area contributed by atoms with Crippen molar-refractivity contribution in [3.05, 3.63) is 95.0 Å². The number of carbonyl (C=O) groups excluding carboxylic acids is 2. The number of benzene rings is 2. The second kappa shape index (κ2) is 10.4. The number of nitrogens with two attached hydrogens (primary N) is 2. The van der Waals surface area contributed by atoms with Crippen LogP contribution in [0.15, 0.2) is 73.1 Å². The van der Waals surface area contributed by atoms with Crippen molar-refractivity contribution in [2.45, 2.75) is 19.4 Å². The minimum Gasteiger partial charge on any atom is -0.619 e. The van der Waals surface area contributed by atoms with Gasteiger partial charge in [-0.05, 0) is 54.3 Å². The lowest BCUT2D eigenvalue weighted by Gasteiger charge is -2.23. The number of amidine groups is 1. The largest absolute Gasteiger partial charge is 0.619 e. The zero-order valence-electron chi connectivity index (χ0n) is 18.5. The van der Waals surface area contributed by atoms with Gasteiger partial charge in [0, 0.05) is 23.7 Å². The SMILES string of the molecule is COC(=O)[C@@H](Cc1cccc(C(N)=[NH2+])c1)[C@@H](C)NC(=O)c1ccc(-c2cc[n+]([O-])cc2)cc1. The highest BCUT2D eigenvalue weighted by Gasteiger charge is 2.28. The molecule has 5 N–H and O–H groups in total. The van der Waals surface area contributed by atoms with E-state index < -0.39 is 17.9 Å². The number of hydrogen-bond acceptors (Lipinski definition) is 4. The number of amides is 1. The molecule has 0 unspecified atom stereocenters. The highest BCUT2D eigenvalue weighted by molar-refractivity contribution is 5.95. The van der Waals surface area contributed by atoms with Crippen molar-refractivity contribution >= 4 is 17.7 Å². The van der Waals surface area contributed by atoms with Gasteiger partial charge in [0.1, 0.15) is 0 Å². The molecule has 3 rings (SSSR count). The minimum atomic E-state index is -0.601. The molecule has 0 fully saturated rings. The summed E-state index contributed by atoms with van der Waals surface area (Å²) in [6, 6.07) is 17.2. The Morgan fingerprint density at radius 3 is 2.30 bits per heavy atom. The molecule has 1 amide bonds. The summed E-state index contributed by atoms with van der Waals surface area (Å²) in [5, 5.41) is 19.8. The lowest BCUT2D eigenvalue weighted by molar-refractivity contribution is -0.605. The average Bonchev–Trinajstić information content (AvgIpc) is 2.82. The zero-order valence-corrected chi connectivity index (χ0v) is 18.5. The van der Waals surface area contributed by atoms with E-state index in [1.807, 2.05) is 18.2 Å². The van der Waals surface area contributed by atoms with Gasteiger partial charge < -0.3 is 15.3 Å². The predicted molar refractivity (Wildman–Crippen MR) is 124 cm³/mol. The van der Waals surface area contributed by atoms with Crippen LogP contribution in [0.5, 0.6) is 0 Å². The number of rotatable bonds is 8. The highest BCUT2D eigenvalue weighted by Crippen LogP contribution is 2.20. The number of hydrogen-bond donors (Lipinski definition) is 3. The van der Waals surface area contributed by atoms with E-state index in [1.165, 1.54) is 19.5 Å². The van der Waals surface area contributed by atoms with E-state index in [1.54, 1.807) is 49.4 Å². The highest BCUT2D eigenvalue weighted by atomic mass is 16.5. The van der Waals surface area contributed by atoms with Crippen molar-refractivity contribution < 1.29 is 24.5 Å². The third-order valence-electron chi connectivity index (χ3n) is 5.46. The Bertz CT molecular complexity index is 1140. The summed E-state index contributed by atoms with van der Waals surface area (Å²) in [6.07, 6.45) is 3.18. The summed E-state index contributed by atoms with van der Waals surface area (Å²) in [5.41, 5.74) is 9.40. The van der Waals surface area contributed by atoms with Gasteiger partial charge in [0.05, 0.1) is 18.6 Å². The first-order valence-corrected chi connectivity index (χ1v) is 10.4. The molecule has 0 saturated heterocycles. The van der Waals surface area contributed by atoms with E-state index in [0.29, 0.717) is 22.3 Å². The summed E-state index contributed by atoms with van der Waals surface area (Å²) in [7, 11) is 1.32. The quantitative estimate of drug-likeness (QED) is 0.153. The molecule has 0 spiro atoms. The van der Waals surface area contributed by atoms with E-state index in [-0.39, 0.29) is 11.7 Å². The number of aromatic nitrogens is 1. The van der Waals surface area contributed by atoms with Crippen molar-refractivity contribution in [3.8, 4) is 11.1 Å². The average molecular weight is 448 g/mol. The summed E-state index contributed by atoms with van der Waals surface area (Å²) < 4.78 is 5.69. The number of methoxy groups -OCH3 is 1. The molecular weight excluding hydrogens is 420 g/mol. The topological polar surface area (TPSA) is 134 Å². The van der Waals surface area contributed by atoms with Crippen LogP contribution >= 0.6 is 0 Å². The van der Waals surface area contributed by atoms with Gasteiger partial charge >= 0.3 is 5.97 Å². The van der Waals surface area contributed by atoms with Crippen molar-refractivity contribution in [1.29, 1.82) is 0 Å². The van der Waals surface area contributed by atoms with Crippen LogP contribution in [0.25, 0.3) is 11.1 Å². The lowest BCUT2D eigenvalue weighted by Crippen LogP contribution is -2.46. The molecule has 33 heavy (non-hydrogen) atoms. The maximum absolute atomic E-state index is 12.8. The second-order valence-corrected chi connectivity index (χ2v) is 7.78. The van der Waals surface area contributed by atoms with Crippen LogP contribution < -0.4 is 21.2 Å². The first-order valence-electron chi connectivity index (χ1n) is 10.4. The lowest BCUT2D eigenvalue weighted by atomic mass is 9.92. The monoisotopic (exact) mass is 447 g/mol. The molecule has 0 bridgehead atoms. The molecule has 0 aliphatic rings. The second-order valence-electron chi connectivity index (χ2n) is 7.78. The van der Waals surface area contributed by atoms with Crippen LogP contribution in [0.3, 0.4) is 0 Å². The van der Waals surface area contributed by atoms with E-state index in [0.717, 1.165) is 16.7 Å². The van der Waals surface area contributed by atoms with Gasteiger partial charge in [0.2, 0.25) is 0 Å². The Hall–Kier alpha value is -4.20. The fourth-order valence-electron chi connectivity index (χ4n) is 3.56. The zero-order chi connectivity index (χ0) is 24.0. The Balaban J connectivity index is 1.72. The maximum Gasteiger partial charge on any atom is 0.311 e. The first-order chi connectivity index (χ1) is 15.8. The third kappa shape index (κ3) is 5.94. The van der Waals surface area contributed by atoms with Gasteiger partial charge in [-0.1, -0.05) is 24.3 Å². The minimum absolute atomic E-state index is 0.194. The Labute approximate surface area is 192 Å². The first kappa shape index (κ1) is 23.5. The van der Waals surface area contributed by atoms with Crippen LogP contribution in [0, 0.1) is 11.1 Å². The van der Waals surface area contributed by atoms with Gasteiger partial charge in [-0.2, -0.15) is 4.73 Å². The fraction of sp³-hybridized carbons (Fsp3) is 0.200. The van der Waals surface area contributed by atoms with E-state index >= 15 is 0 Å². The maximum atomic E-state index is 12.8. The number of esters is 1. The summed E-state index contributed by atoms with van der Waals surface area (Å²) in [5.74, 6) is -1.13. The Kier molecular flexibility index (Phi) is 7.40. The molecular formula is C25H27N4O4+. The number of ether oxygens (including phenoxy) is 1. The molecule has 2 atom stereocenters. The van der Waals surface area contributed by atoms with E-state index in [4.69, 9.17) is 15.9 Å². The molecule has 8 nitrogen and oxygen atoms in total. The van der Waals surface area contributed by atoms with E-state index in [2.05, 4.69) is 5.32 Å². The number of carbonyl (C=O) groups is 2. The van der Waals surface area contributed by atoms with Gasteiger partial charge in [0.25, 0.3) is 11.7 Å². The Morgan fingerprint density at radius 1 is 1.06 bits per heavy atom. The van der Waals surface area contributed by atoms with Crippen molar-refractivity contribution in [3.63, 3.8) is 0 Å². The molecule has 2 aromatic carbocycles. The van der Waals surface area contributed by atoms with Gasteiger partial charge in [0.15, 0.2) is 12.4 Å². The van der Waals surface area contributed by atoms with Gasteiger partial charge in [-0.3, -0.25) is 20.7 Å². The molecule has 0 radical (unpaired) electrons. The standard InChI is InChI=1S/C25H26N4O4/c1-16(22(25(31)33-2)15-17-4-3-5-21(14-17)23(26)27)28-24(30)20-8-6-18(7-9-20)19-10-12-29(32)13-11-19/h3-14,16,22H,15H2,1-2H3,(H3,26,27)(H,28,30)/p+1/t16-,22+/m1/s1. The van der Waals surface area contributed by atoms with Gasteiger partial charge in [-0.15, -0.1) is 0 Å². The summed E-state index contributed by atoms with van der Waals surface area (Å²) in [6.45, 7) is 1.77.